The third-order valence-corrected chi connectivity index (χ3v) is 2.41. The molecule has 0 aromatic heterocycles. The Hall–Kier alpha value is -0.160. The van der Waals surface area contributed by atoms with E-state index in [2.05, 4.69) is 31.0 Å². The van der Waals surface area contributed by atoms with Gasteiger partial charge in [-0.3, -0.25) is 4.90 Å². The summed E-state index contributed by atoms with van der Waals surface area (Å²) in [6, 6.07) is 0. The summed E-state index contributed by atoms with van der Waals surface area (Å²) in [6.07, 6.45) is 0.199. The molecule has 2 atom stereocenters. The predicted molar refractivity (Wildman–Crippen MR) is 53.9 cm³/mol. The third-order valence-electron chi connectivity index (χ3n) is 2.41. The molecule has 1 N–H and O–H groups in total. The lowest BCUT2D eigenvalue weighted by molar-refractivity contribution is -0.0578. The lowest BCUT2D eigenvalue weighted by Gasteiger charge is -2.26. The van der Waals surface area contributed by atoms with Crippen LogP contribution < -0.4 is 5.32 Å². The van der Waals surface area contributed by atoms with Crippen molar-refractivity contribution in [3.8, 4) is 0 Å². The van der Waals surface area contributed by atoms with Gasteiger partial charge in [0.2, 0.25) is 0 Å². The van der Waals surface area contributed by atoms with Crippen LogP contribution in [0.5, 0.6) is 0 Å². The van der Waals surface area contributed by atoms with E-state index in [0.29, 0.717) is 0 Å². The highest BCUT2D eigenvalue weighted by molar-refractivity contribution is 4.83. The molecule has 2 saturated heterocycles. The van der Waals surface area contributed by atoms with Crippen LogP contribution in [-0.2, 0) is 9.47 Å². The third kappa shape index (κ3) is 2.67. The van der Waals surface area contributed by atoms with Crippen molar-refractivity contribution in [3.05, 3.63) is 0 Å². The number of piperazine rings is 1. The first-order valence-electron chi connectivity index (χ1n) is 5.34. The molecule has 0 aromatic rings. The Morgan fingerprint density at radius 3 is 2.50 bits per heavy atom. The fourth-order valence-corrected chi connectivity index (χ4v) is 1.72. The smallest absolute Gasteiger partial charge is 0.200 e. The maximum atomic E-state index is 5.73. The minimum Gasteiger partial charge on any atom is -0.343 e. The normalized spacial score (nSPS) is 34.5. The van der Waals surface area contributed by atoms with Crippen molar-refractivity contribution >= 4 is 0 Å². The highest BCUT2D eigenvalue weighted by Crippen LogP contribution is 2.30. The molecule has 2 aliphatic heterocycles. The number of nitrogens with one attached hydrogen (secondary N) is 1. The van der Waals surface area contributed by atoms with E-state index in [1.165, 1.54) is 0 Å². The lowest BCUT2D eigenvalue weighted by Crippen LogP contribution is -2.45. The Bertz CT molecular complexity index is 197. The first-order chi connectivity index (χ1) is 6.56. The highest BCUT2D eigenvalue weighted by atomic mass is 16.8. The van der Waals surface area contributed by atoms with Crippen LogP contribution in [0.3, 0.4) is 0 Å². The molecule has 0 aromatic carbocycles. The monoisotopic (exact) mass is 200 g/mol. The van der Waals surface area contributed by atoms with Gasteiger partial charge in [0.25, 0.3) is 0 Å². The zero-order valence-electron chi connectivity index (χ0n) is 9.25. The van der Waals surface area contributed by atoms with E-state index in [0.717, 1.165) is 26.2 Å². The Kier molecular flexibility index (Phi) is 2.79. The van der Waals surface area contributed by atoms with E-state index in [-0.39, 0.29) is 18.1 Å². The van der Waals surface area contributed by atoms with Crippen LogP contribution in [0, 0.1) is 0 Å². The summed E-state index contributed by atoms with van der Waals surface area (Å²) in [6.45, 7) is 10.4. The molecular weight excluding hydrogens is 180 g/mol. The van der Waals surface area contributed by atoms with Crippen LogP contribution in [0.15, 0.2) is 0 Å². The molecule has 2 aliphatic rings. The van der Waals surface area contributed by atoms with Gasteiger partial charge in [-0.15, -0.1) is 0 Å². The van der Waals surface area contributed by atoms with Crippen LogP contribution in [0.4, 0.5) is 0 Å². The molecule has 0 saturated carbocycles. The summed E-state index contributed by atoms with van der Waals surface area (Å²) < 4.78 is 11.2. The van der Waals surface area contributed by atoms with Crippen molar-refractivity contribution in [2.24, 2.45) is 0 Å². The molecule has 2 rings (SSSR count). The number of hydrogen-bond acceptors (Lipinski definition) is 4. The molecule has 82 valence electrons. The molecular formula is C10H20N2O2. The standard InChI is InChI=1S/C10H20N2O2/c1-10(2,3)14-9-8(13-9)12-6-4-11-5-7-12/h8-9,11H,4-7H2,1-3H3. The summed E-state index contributed by atoms with van der Waals surface area (Å²) in [5, 5.41) is 3.32. The molecule has 2 unspecified atom stereocenters. The Morgan fingerprint density at radius 2 is 1.93 bits per heavy atom. The fourth-order valence-electron chi connectivity index (χ4n) is 1.72. The molecule has 0 radical (unpaired) electrons. The second-order valence-electron chi connectivity index (χ2n) is 4.91. The summed E-state index contributed by atoms with van der Waals surface area (Å²) >= 11 is 0. The Balaban J connectivity index is 1.75. The first kappa shape index (κ1) is 10.4. The number of ether oxygens (including phenoxy) is 2. The summed E-state index contributed by atoms with van der Waals surface area (Å²) in [4.78, 5) is 2.34. The van der Waals surface area contributed by atoms with Crippen molar-refractivity contribution < 1.29 is 9.47 Å². The SMILES string of the molecule is CC(C)(C)OC1OC1N1CCNCC1. The van der Waals surface area contributed by atoms with Gasteiger partial charge in [0.05, 0.1) is 5.60 Å². The molecule has 0 spiro atoms. The van der Waals surface area contributed by atoms with Gasteiger partial charge < -0.3 is 14.8 Å². The fraction of sp³-hybridized carbons (Fsp3) is 1.00. The average molecular weight is 200 g/mol. The van der Waals surface area contributed by atoms with Crippen LogP contribution in [0.25, 0.3) is 0 Å². The predicted octanol–water partition coefficient (Wildman–Crippen LogP) is 0.389. The van der Waals surface area contributed by atoms with Crippen LogP contribution in [0.2, 0.25) is 0 Å². The second-order valence-corrected chi connectivity index (χ2v) is 4.91. The van der Waals surface area contributed by atoms with Crippen molar-refractivity contribution in [2.75, 3.05) is 26.2 Å². The van der Waals surface area contributed by atoms with Gasteiger partial charge in [0, 0.05) is 26.2 Å². The van der Waals surface area contributed by atoms with Crippen LogP contribution in [0.1, 0.15) is 20.8 Å². The van der Waals surface area contributed by atoms with Gasteiger partial charge >= 0.3 is 0 Å². The van der Waals surface area contributed by atoms with Gasteiger partial charge in [-0.25, -0.2) is 0 Å². The summed E-state index contributed by atoms with van der Waals surface area (Å²) in [7, 11) is 0. The average Bonchev–Trinajstić information content (AvgIpc) is 2.82. The Morgan fingerprint density at radius 1 is 1.29 bits per heavy atom. The van der Waals surface area contributed by atoms with Gasteiger partial charge in [-0.2, -0.15) is 0 Å². The zero-order chi connectivity index (χ0) is 10.2. The minimum absolute atomic E-state index is 0.00639. The molecule has 0 bridgehead atoms. The molecule has 0 amide bonds. The molecule has 2 fully saturated rings. The summed E-state index contributed by atoms with van der Waals surface area (Å²) in [5.74, 6) is 0. The van der Waals surface area contributed by atoms with E-state index >= 15 is 0 Å². The Labute approximate surface area is 85.5 Å². The van der Waals surface area contributed by atoms with E-state index in [4.69, 9.17) is 9.47 Å². The maximum Gasteiger partial charge on any atom is 0.200 e. The van der Waals surface area contributed by atoms with E-state index in [1.807, 2.05) is 0 Å². The number of rotatable bonds is 2. The van der Waals surface area contributed by atoms with Crippen LogP contribution >= 0.6 is 0 Å². The van der Waals surface area contributed by atoms with Crippen molar-refractivity contribution in [1.29, 1.82) is 0 Å². The van der Waals surface area contributed by atoms with Crippen molar-refractivity contribution in [2.45, 2.75) is 38.9 Å². The van der Waals surface area contributed by atoms with Crippen molar-refractivity contribution in [1.82, 2.24) is 10.2 Å². The summed E-state index contributed by atoms with van der Waals surface area (Å²) in [5.41, 5.74) is -0.104. The molecule has 14 heavy (non-hydrogen) atoms. The number of nitrogens with zero attached hydrogens (tertiary/aromatic N) is 1. The lowest BCUT2D eigenvalue weighted by atomic mass is 10.2. The number of epoxide rings is 1. The molecule has 2 heterocycles. The molecule has 4 nitrogen and oxygen atoms in total. The van der Waals surface area contributed by atoms with Gasteiger partial charge in [0.15, 0.2) is 12.5 Å². The van der Waals surface area contributed by atoms with E-state index < -0.39 is 0 Å². The van der Waals surface area contributed by atoms with Gasteiger partial charge in [-0.1, -0.05) is 0 Å². The van der Waals surface area contributed by atoms with Crippen LogP contribution in [-0.4, -0.2) is 49.2 Å². The second kappa shape index (κ2) is 3.77. The quantitative estimate of drug-likeness (QED) is 0.654. The molecule has 0 aliphatic carbocycles. The highest BCUT2D eigenvalue weighted by Gasteiger charge is 2.46. The van der Waals surface area contributed by atoms with E-state index in [9.17, 15) is 0 Å². The number of hydrogen-bond donors (Lipinski definition) is 1. The first-order valence-corrected chi connectivity index (χ1v) is 5.34. The van der Waals surface area contributed by atoms with Gasteiger partial charge in [0.1, 0.15) is 0 Å². The zero-order valence-corrected chi connectivity index (χ0v) is 9.25. The minimum atomic E-state index is -0.104. The molecule has 4 heteroatoms. The van der Waals surface area contributed by atoms with E-state index in [1.54, 1.807) is 0 Å². The largest absolute Gasteiger partial charge is 0.343 e. The topological polar surface area (TPSA) is 37.0 Å². The van der Waals surface area contributed by atoms with Crippen molar-refractivity contribution in [3.63, 3.8) is 0 Å². The maximum absolute atomic E-state index is 5.73. The van der Waals surface area contributed by atoms with Gasteiger partial charge in [-0.05, 0) is 20.8 Å².